The molecular weight excluding hydrogens is 234 g/mol. The Kier molecular flexibility index (Phi) is 2.51. The Morgan fingerprint density at radius 3 is 2.47 bits per heavy atom. The van der Waals surface area contributed by atoms with Gasteiger partial charge in [-0.3, -0.25) is 0 Å². The van der Waals surface area contributed by atoms with Crippen LogP contribution in [0.15, 0.2) is 40.7 Å². The van der Waals surface area contributed by atoms with Gasteiger partial charge in [-0.25, -0.2) is 13.4 Å². The van der Waals surface area contributed by atoms with Crippen LogP contribution in [0.5, 0.6) is 0 Å². The van der Waals surface area contributed by atoms with Gasteiger partial charge in [0.15, 0.2) is 5.04 Å². The molecule has 0 unspecified atom stereocenters. The largest absolute Gasteiger partial charge is 0.235 e. The number of rotatable bonds is 1. The van der Waals surface area contributed by atoms with Gasteiger partial charge in [-0.2, -0.15) is 0 Å². The van der Waals surface area contributed by atoms with Gasteiger partial charge in [-0.15, -0.1) is 0 Å². The molecule has 0 N–H and O–H groups in total. The van der Waals surface area contributed by atoms with Crippen molar-refractivity contribution in [3.63, 3.8) is 0 Å². The molecule has 0 saturated heterocycles. The zero-order valence-corrected chi connectivity index (χ0v) is 11.0. The van der Waals surface area contributed by atoms with E-state index in [4.69, 9.17) is 0 Å². The lowest BCUT2D eigenvalue weighted by molar-refractivity contribution is 0.586. The third-order valence-corrected chi connectivity index (χ3v) is 4.51. The summed E-state index contributed by atoms with van der Waals surface area (Å²) in [5.74, 6) is 0. The average Bonchev–Trinajstić information content (AvgIpc) is 2.48. The number of fused-ring (bicyclic) bond motifs is 1. The number of benzene rings is 1. The molecule has 0 spiro atoms. The Hall–Kier alpha value is -1.42. The van der Waals surface area contributed by atoms with Gasteiger partial charge in [0.1, 0.15) is 0 Å². The van der Waals surface area contributed by atoms with Crippen molar-refractivity contribution in [3.05, 3.63) is 36.4 Å². The summed E-state index contributed by atoms with van der Waals surface area (Å²) in [7, 11) is -3.45. The molecule has 0 radical (unpaired) electrons. The second-order valence-corrected chi connectivity index (χ2v) is 6.96. The molecule has 0 aromatic heterocycles. The molecule has 2 rings (SSSR count). The van der Waals surface area contributed by atoms with E-state index >= 15 is 0 Å². The Morgan fingerprint density at radius 1 is 1.29 bits per heavy atom. The number of nitrogens with zero attached hydrogens (tertiary/aromatic N) is 1. The first-order valence-electron chi connectivity index (χ1n) is 5.37. The molecule has 17 heavy (non-hydrogen) atoms. The molecule has 0 saturated carbocycles. The molecule has 1 aliphatic heterocycles. The maximum absolute atomic E-state index is 12.1. The van der Waals surface area contributed by atoms with E-state index in [0.717, 1.165) is 5.56 Å². The van der Waals surface area contributed by atoms with Crippen LogP contribution in [0.25, 0.3) is 0 Å². The van der Waals surface area contributed by atoms with Gasteiger partial charge in [0.2, 0.25) is 9.84 Å². The van der Waals surface area contributed by atoms with Crippen molar-refractivity contribution < 1.29 is 8.42 Å². The predicted molar refractivity (Wildman–Crippen MR) is 69.6 cm³/mol. The molecule has 3 nitrogen and oxygen atoms in total. The van der Waals surface area contributed by atoms with Crippen LogP contribution >= 0.6 is 0 Å². The third kappa shape index (κ3) is 1.82. The van der Waals surface area contributed by atoms with Crippen molar-refractivity contribution in [1.29, 1.82) is 0 Å². The quantitative estimate of drug-likeness (QED) is 0.768. The van der Waals surface area contributed by atoms with Crippen LogP contribution in [0, 0.1) is 0 Å². The molecule has 1 aromatic carbocycles. The zero-order valence-electron chi connectivity index (χ0n) is 10.2. The van der Waals surface area contributed by atoms with Crippen LogP contribution in [-0.4, -0.2) is 13.5 Å². The summed E-state index contributed by atoms with van der Waals surface area (Å²) in [6.45, 7) is 9.62. The van der Waals surface area contributed by atoms with E-state index < -0.39 is 9.84 Å². The SMILES string of the molecule is C=CC1=Nc2ccc(C(C)(C)C)cc2S1(=O)=O. The van der Waals surface area contributed by atoms with E-state index in [-0.39, 0.29) is 10.5 Å². The monoisotopic (exact) mass is 249 g/mol. The Morgan fingerprint density at radius 2 is 1.94 bits per heavy atom. The number of hydrogen-bond acceptors (Lipinski definition) is 3. The van der Waals surface area contributed by atoms with Gasteiger partial charge < -0.3 is 0 Å². The lowest BCUT2D eigenvalue weighted by atomic mass is 9.87. The van der Waals surface area contributed by atoms with Crippen molar-refractivity contribution in [2.24, 2.45) is 4.99 Å². The minimum absolute atomic E-state index is 0.0403. The summed E-state index contributed by atoms with van der Waals surface area (Å²) in [5.41, 5.74) is 1.41. The van der Waals surface area contributed by atoms with Crippen LogP contribution in [0.2, 0.25) is 0 Å². The summed E-state index contributed by atoms with van der Waals surface area (Å²) in [4.78, 5) is 4.35. The highest BCUT2D eigenvalue weighted by atomic mass is 32.2. The summed E-state index contributed by atoms with van der Waals surface area (Å²) < 4.78 is 24.2. The van der Waals surface area contributed by atoms with Crippen LogP contribution in [-0.2, 0) is 15.3 Å². The maximum atomic E-state index is 12.1. The topological polar surface area (TPSA) is 46.5 Å². The van der Waals surface area contributed by atoms with Gasteiger partial charge in [-0.1, -0.05) is 33.4 Å². The first-order valence-corrected chi connectivity index (χ1v) is 6.86. The second-order valence-electron chi connectivity index (χ2n) is 5.09. The fraction of sp³-hybridized carbons (Fsp3) is 0.308. The molecule has 1 aromatic rings. The lowest BCUT2D eigenvalue weighted by Crippen LogP contribution is -2.13. The molecule has 0 bridgehead atoms. The van der Waals surface area contributed by atoms with E-state index in [2.05, 4.69) is 11.6 Å². The molecule has 0 aliphatic carbocycles. The van der Waals surface area contributed by atoms with Crippen molar-refractivity contribution in [1.82, 2.24) is 0 Å². The normalized spacial score (nSPS) is 17.5. The molecule has 0 atom stereocenters. The van der Waals surface area contributed by atoms with Crippen LogP contribution in [0.1, 0.15) is 26.3 Å². The number of sulfone groups is 1. The fourth-order valence-electron chi connectivity index (χ4n) is 1.74. The second kappa shape index (κ2) is 3.53. The molecular formula is C13H15NO2S. The summed E-state index contributed by atoms with van der Waals surface area (Å²) in [5, 5.41) is 0.0403. The highest BCUT2D eigenvalue weighted by molar-refractivity contribution is 8.07. The van der Waals surface area contributed by atoms with Gasteiger partial charge in [0.25, 0.3) is 0 Å². The Labute approximate surface area is 102 Å². The molecule has 0 fully saturated rings. The summed E-state index contributed by atoms with van der Waals surface area (Å²) >= 11 is 0. The molecule has 1 aliphatic rings. The highest BCUT2D eigenvalue weighted by Crippen LogP contribution is 2.36. The molecule has 4 heteroatoms. The average molecular weight is 249 g/mol. The van der Waals surface area contributed by atoms with Crippen LogP contribution < -0.4 is 0 Å². The van der Waals surface area contributed by atoms with E-state index in [1.807, 2.05) is 26.8 Å². The minimum Gasteiger partial charge on any atom is -0.235 e. The van der Waals surface area contributed by atoms with E-state index in [0.29, 0.717) is 10.6 Å². The van der Waals surface area contributed by atoms with Gasteiger partial charge in [0.05, 0.1) is 10.6 Å². The zero-order chi connectivity index (χ0) is 12.8. The van der Waals surface area contributed by atoms with E-state index in [9.17, 15) is 8.42 Å². The van der Waals surface area contributed by atoms with Crippen molar-refractivity contribution in [2.75, 3.05) is 0 Å². The summed E-state index contributed by atoms with van der Waals surface area (Å²) in [6, 6.07) is 5.39. The first kappa shape index (κ1) is 12.0. The number of aliphatic imine (C=N–C) groups is 1. The third-order valence-electron chi connectivity index (χ3n) is 2.80. The van der Waals surface area contributed by atoms with Crippen LogP contribution in [0.4, 0.5) is 5.69 Å². The smallest absolute Gasteiger partial charge is 0.225 e. The minimum atomic E-state index is -3.45. The number of hydrogen-bond donors (Lipinski definition) is 0. The van der Waals surface area contributed by atoms with Gasteiger partial charge >= 0.3 is 0 Å². The maximum Gasteiger partial charge on any atom is 0.225 e. The Balaban J connectivity index is 2.66. The lowest BCUT2D eigenvalue weighted by Gasteiger charge is -2.19. The highest BCUT2D eigenvalue weighted by Gasteiger charge is 2.31. The van der Waals surface area contributed by atoms with E-state index in [1.54, 1.807) is 12.1 Å². The Bertz CT molecular complexity index is 619. The van der Waals surface area contributed by atoms with Crippen LogP contribution in [0.3, 0.4) is 0 Å². The molecule has 0 amide bonds. The van der Waals surface area contributed by atoms with Crippen molar-refractivity contribution in [2.45, 2.75) is 31.1 Å². The van der Waals surface area contributed by atoms with Crippen molar-refractivity contribution in [3.8, 4) is 0 Å². The van der Waals surface area contributed by atoms with Gasteiger partial charge in [0, 0.05) is 0 Å². The fourth-order valence-corrected chi connectivity index (χ4v) is 3.07. The van der Waals surface area contributed by atoms with Crippen molar-refractivity contribution >= 4 is 20.6 Å². The molecule has 1 heterocycles. The standard InChI is InChI=1S/C13H15NO2S/c1-5-12-14-10-7-6-9(13(2,3)4)8-11(10)17(12,15)16/h5-8H,1H2,2-4H3. The van der Waals surface area contributed by atoms with E-state index in [1.165, 1.54) is 6.08 Å². The first-order chi connectivity index (χ1) is 7.76. The predicted octanol–water partition coefficient (Wildman–Crippen LogP) is 2.99. The summed E-state index contributed by atoms with van der Waals surface area (Å²) in [6.07, 6.45) is 1.28. The molecule has 90 valence electrons. The van der Waals surface area contributed by atoms with Gasteiger partial charge in [-0.05, 0) is 29.2 Å².